The third-order valence-electron chi connectivity index (χ3n) is 3.57. The molecule has 1 aromatic heterocycles. The summed E-state index contributed by atoms with van der Waals surface area (Å²) in [5.74, 6) is 1.67. The highest BCUT2D eigenvalue weighted by atomic mass is 15.2. The molecule has 1 saturated heterocycles. The number of hydrogen-bond acceptors (Lipinski definition) is 4. The van der Waals surface area contributed by atoms with Crippen molar-refractivity contribution < 1.29 is 0 Å². The molecule has 0 amide bonds. The average molecular weight is 248 g/mol. The van der Waals surface area contributed by atoms with Crippen molar-refractivity contribution in [2.45, 2.75) is 33.6 Å². The largest absolute Gasteiger partial charge is 0.341 e. The lowest BCUT2D eigenvalue weighted by Gasteiger charge is -2.29. The van der Waals surface area contributed by atoms with Crippen LogP contribution in [0.5, 0.6) is 0 Å². The second-order valence-corrected chi connectivity index (χ2v) is 5.18. The van der Waals surface area contributed by atoms with Gasteiger partial charge < -0.3 is 10.2 Å². The first-order chi connectivity index (χ1) is 8.69. The maximum atomic E-state index is 4.57. The van der Waals surface area contributed by atoms with Crippen molar-refractivity contribution in [3.63, 3.8) is 0 Å². The Hall–Kier alpha value is -1.16. The fourth-order valence-corrected chi connectivity index (χ4v) is 2.58. The summed E-state index contributed by atoms with van der Waals surface area (Å²) in [4.78, 5) is 11.5. The van der Waals surface area contributed by atoms with Crippen LogP contribution in [0, 0.1) is 19.8 Å². The number of nitrogens with zero attached hydrogens (tertiary/aromatic N) is 3. The minimum absolute atomic E-state index is 0.774. The van der Waals surface area contributed by atoms with Gasteiger partial charge in [0.25, 0.3) is 0 Å². The lowest BCUT2D eigenvalue weighted by molar-refractivity contribution is 0.373. The summed E-state index contributed by atoms with van der Waals surface area (Å²) < 4.78 is 0. The number of piperidine rings is 1. The van der Waals surface area contributed by atoms with Gasteiger partial charge in [0.2, 0.25) is 5.95 Å². The van der Waals surface area contributed by atoms with Crippen LogP contribution in [0.3, 0.4) is 0 Å². The highest BCUT2D eigenvalue weighted by Crippen LogP contribution is 2.17. The molecule has 1 fully saturated rings. The summed E-state index contributed by atoms with van der Waals surface area (Å²) in [6.07, 6.45) is 2.53. The van der Waals surface area contributed by atoms with Crippen LogP contribution in [0.4, 0.5) is 5.95 Å². The molecule has 4 heteroatoms. The molecule has 0 unspecified atom stereocenters. The molecule has 1 aliphatic rings. The van der Waals surface area contributed by atoms with Crippen LogP contribution in [0.1, 0.15) is 31.2 Å². The van der Waals surface area contributed by atoms with E-state index in [0.717, 1.165) is 49.4 Å². The van der Waals surface area contributed by atoms with Crippen LogP contribution in [0.2, 0.25) is 0 Å². The van der Waals surface area contributed by atoms with Crippen LogP contribution < -0.4 is 10.2 Å². The molecule has 2 heterocycles. The Kier molecular flexibility index (Phi) is 4.53. The van der Waals surface area contributed by atoms with E-state index >= 15 is 0 Å². The van der Waals surface area contributed by atoms with E-state index in [1.807, 2.05) is 19.9 Å². The average Bonchev–Trinajstić information content (AvgIpc) is 2.36. The van der Waals surface area contributed by atoms with E-state index in [-0.39, 0.29) is 0 Å². The monoisotopic (exact) mass is 248 g/mol. The normalized spacial score (nSPS) is 16.8. The van der Waals surface area contributed by atoms with Gasteiger partial charge in [0, 0.05) is 24.5 Å². The molecular weight excluding hydrogens is 224 g/mol. The lowest BCUT2D eigenvalue weighted by atomic mass is 9.98. The van der Waals surface area contributed by atoms with Gasteiger partial charge in [-0.3, -0.25) is 0 Å². The number of rotatable bonds is 4. The van der Waals surface area contributed by atoms with Gasteiger partial charge in [-0.05, 0) is 58.7 Å². The lowest BCUT2D eigenvalue weighted by Crippen LogP contribution is -2.37. The zero-order valence-electron chi connectivity index (χ0n) is 11.7. The van der Waals surface area contributed by atoms with E-state index in [9.17, 15) is 0 Å². The van der Waals surface area contributed by atoms with E-state index in [2.05, 4.69) is 27.1 Å². The van der Waals surface area contributed by atoms with E-state index in [0.29, 0.717) is 0 Å². The van der Waals surface area contributed by atoms with Gasteiger partial charge >= 0.3 is 0 Å². The van der Waals surface area contributed by atoms with E-state index in [1.54, 1.807) is 0 Å². The molecule has 0 radical (unpaired) electrons. The van der Waals surface area contributed by atoms with Crippen molar-refractivity contribution in [2.75, 3.05) is 31.1 Å². The molecule has 1 aromatic rings. The number of anilines is 1. The first kappa shape index (κ1) is 13.3. The zero-order chi connectivity index (χ0) is 13.0. The van der Waals surface area contributed by atoms with Gasteiger partial charge in [0.05, 0.1) is 0 Å². The maximum absolute atomic E-state index is 4.57. The first-order valence-electron chi connectivity index (χ1n) is 6.97. The maximum Gasteiger partial charge on any atom is 0.225 e. The van der Waals surface area contributed by atoms with Crippen LogP contribution in [0.15, 0.2) is 6.07 Å². The standard InChI is InChI=1S/C14H24N4/c1-4-18(10-13-5-7-15-8-6-13)14-16-11(2)9-12(3)17-14/h9,13,15H,4-8,10H2,1-3H3. The second kappa shape index (κ2) is 6.14. The molecule has 0 aliphatic carbocycles. The Morgan fingerprint density at radius 1 is 1.22 bits per heavy atom. The van der Waals surface area contributed by atoms with E-state index in [4.69, 9.17) is 0 Å². The first-order valence-corrected chi connectivity index (χ1v) is 6.97. The van der Waals surface area contributed by atoms with Crippen molar-refractivity contribution >= 4 is 5.95 Å². The van der Waals surface area contributed by atoms with Crippen molar-refractivity contribution in [1.82, 2.24) is 15.3 Å². The SMILES string of the molecule is CCN(CC1CCNCC1)c1nc(C)cc(C)n1. The van der Waals surface area contributed by atoms with Gasteiger partial charge in [-0.25, -0.2) is 9.97 Å². The molecule has 18 heavy (non-hydrogen) atoms. The van der Waals surface area contributed by atoms with Gasteiger partial charge in [-0.1, -0.05) is 0 Å². The van der Waals surface area contributed by atoms with Crippen LogP contribution >= 0.6 is 0 Å². The molecule has 2 rings (SSSR count). The fraction of sp³-hybridized carbons (Fsp3) is 0.714. The van der Waals surface area contributed by atoms with Gasteiger partial charge in [0.15, 0.2) is 0 Å². The molecule has 1 N–H and O–H groups in total. The van der Waals surface area contributed by atoms with Gasteiger partial charge in [0.1, 0.15) is 0 Å². The van der Waals surface area contributed by atoms with Crippen molar-refractivity contribution in [1.29, 1.82) is 0 Å². The zero-order valence-corrected chi connectivity index (χ0v) is 11.7. The minimum atomic E-state index is 0.774. The van der Waals surface area contributed by atoms with Gasteiger partial charge in [-0.2, -0.15) is 0 Å². The van der Waals surface area contributed by atoms with Crippen molar-refractivity contribution in [3.05, 3.63) is 17.5 Å². The Morgan fingerprint density at radius 3 is 2.39 bits per heavy atom. The van der Waals surface area contributed by atoms with E-state index < -0.39 is 0 Å². The minimum Gasteiger partial charge on any atom is -0.341 e. The second-order valence-electron chi connectivity index (χ2n) is 5.18. The topological polar surface area (TPSA) is 41.0 Å². The molecule has 0 saturated carbocycles. The summed E-state index contributed by atoms with van der Waals surface area (Å²) in [7, 11) is 0. The smallest absolute Gasteiger partial charge is 0.225 e. The number of aryl methyl sites for hydroxylation is 2. The number of hydrogen-bond donors (Lipinski definition) is 1. The van der Waals surface area contributed by atoms with Crippen LogP contribution in [-0.4, -0.2) is 36.1 Å². The third-order valence-corrected chi connectivity index (χ3v) is 3.57. The van der Waals surface area contributed by atoms with Gasteiger partial charge in [-0.15, -0.1) is 0 Å². The molecule has 0 atom stereocenters. The molecule has 0 aromatic carbocycles. The van der Waals surface area contributed by atoms with Crippen molar-refractivity contribution in [3.8, 4) is 0 Å². The molecule has 0 bridgehead atoms. The summed E-state index contributed by atoms with van der Waals surface area (Å²) in [5, 5.41) is 3.41. The Morgan fingerprint density at radius 2 is 1.83 bits per heavy atom. The van der Waals surface area contributed by atoms with Crippen molar-refractivity contribution in [2.24, 2.45) is 5.92 Å². The third kappa shape index (κ3) is 3.42. The molecule has 1 aliphatic heterocycles. The summed E-state index contributed by atoms with van der Waals surface area (Å²) in [6.45, 7) is 10.6. The quantitative estimate of drug-likeness (QED) is 0.884. The molecular formula is C14H24N4. The summed E-state index contributed by atoms with van der Waals surface area (Å²) >= 11 is 0. The molecule has 4 nitrogen and oxygen atoms in total. The highest BCUT2D eigenvalue weighted by molar-refractivity contribution is 5.32. The fourth-order valence-electron chi connectivity index (χ4n) is 2.58. The Labute approximate surface area is 110 Å². The summed E-state index contributed by atoms with van der Waals surface area (Å²) in [5.41, 5.74) is 2.11. The van der Waals surface area contributed by atoms with Crippen LogP contribution in [0.25, 0.3) is 0 Å². The molecule has 100 valence electrons. The molecule has 0 spiro atoms. The number of aromatic nitrogens is 2. The predicted molar refractivity (Wildman–Crippen MR) is 75.0 cm³/mol. The number of nitrogens with one attached hydrogen (secondary N) is 1. The summed E-state index contributed by atoms with van der Waals surface area (Å²) in [6, 6.07) is 2.03. The highest BCUT2D eigenvalue weighted by Gasteiger charge is 2.18. The Bertz CT molecular complexity index is 365. The van der Waals surface area contributed by atoms with E-state index in [1.165, 1.54) is 12.8 Å². The Balaban J connectivity index is 2.06. The van der Waals surface area contributed by atoms with Crippen LogP contribution in [-0.2, 0) is 0 Å². The predicted octanol–water partition coefficient (Wildman–Crippen LogP) is 1.92.